The molecule has 0 radical (unpaired) electrons. The summed E-state index contributed by atoms with van der Waals surface area (Å²) in [5.74, 6) is -3.13. The van der Waals surface area contributed by atoms with Crippen LogP contribution in [0.1, 0.15) is 42.7 Å². The lowest BCUT2D eigenvalue weighted by Gasteiger charge is -2.35. The summed E-state index contributed by atoms with van der Waals surface area (Å²) in [4.78, 5) is 3.36. The quantitative estimate of drug-likeness (QED) is 0.847. The van der Waals surface area contributed by atoms with E-state index in [1.54, 1.807) is 6.92 Å². The lowest BCUT2D eigenvalue weighted by Crippen LogP contribution is -2.43. The van der Waals surface area contributed by atoms with Crippen molar-refractivity contribution in [2.75, 3.05) is 0 Å². The molecule has 0 saturated heterocycles. The molecule has 2 aliphatic carbocycles. The second-order valence-corrected chi connectivity index (χ2v) is 5.99. The molecule has 2 atom stereocenters. The van der Waals surface area contributed by atoms with Gasteiger partial charge in [-0.15, -0.1) is 0 Å². The number of hydrogen-bond donors (Lipinski definition) is 1. The average molecular weight is 323 g/mol. The summed E-state index contributed by atoms with van der Waals surface area (Å²) in [7, 11) is 0. The van der Waals surface area contributed by atoms with Gasteiger partial charge >= 0.3 is 6.18 Å². The maximum Gasteiger partial charge on any atom is 0.433 e. The molecule has 0 aromatic carbocycles. The number of pyridine rings is 1. The number of ether oxygens (including phenoxy) is 1. The van der Waals surface area contributed by atoms with Gasteiger partial charge in [-0.25, -0.2) is 13.8 Å². The predicted octanol–water partition coefficient (Wildman–Crippen LogP) is 3.50. The van der Waals surface area contributed by atoms with Crippen molar-refractivity contribution in [3.05, 3.63) is 23.0 Å². The molecule has 22 heavy (non-hydrogen) atoms. The number of halogens is 5. The first-order chi connectivity index (χ1) is 10.1. The van der Waals surface area contributed by atoms with Crippen LogP contribution in [0.15, 0.2) is 6.20 Å². The Morgan fingerprint density at radius 1 is 1.32 bits per heavy atom. The number of nitrogens with zero attached hydrogens (tertiary/aromatic N) is 1. The van der Waals surface area contributed by atoms with Crippen molar-refractivity contribution < 1.29 is 31.8 Å². The molecule has 1 fully saturated rings. The first-order valence-electron chi connectivity index (χ1n) is 6.90. The lowest BCUT2D eigenvalue weighted by atomic mass is 9.91. The molecule has 0 bridgehead atoms. The molecule has 2 aliphatic rings. The second-order valence-electron chi connectivity index (χ2n) is 5.99. The molecule has 1 aromatic rings. The van der Waals surface area contributed by atoms with Crippen molar-refractivity contribution in [1.82, 2.24) is 4.98 Å². The van der Waals surface area contributed by atoms with Gasteiger partial charge in [0, 0.05) is 24.0 Å². The van der Waals surface area contributed by atoms with Gasteiger partial charge in [0.25, 0.3) is 5.92 Å². The zero-order chi connectivity index (χ0) is 16.3. The molecule has 1 aromatic heterocycles. The molecule has 0 unspecified atom stereocenters. The number of aliphatic hydroxyl groups excluding tert-OH is 1. The smallest absolute Gasteiger partial charge is 0.433 e. The van der Waals surface area contributed by atoms with E-state index in [4.69, 9.17) is 4.74 Å². The molecule has 1 saturated carbocycles. The van der Waals surface area contributed by atoms with E-state index >= 15 is 0 Å². The van der Waals surface area contributed by atoms with Crippen LogP contribution in [0.2, 0.25) is 0 Å². The predicted molar refractivity (Wildman–Crippen MR) is 65.7 cm³/mol. The van der Waals surface area contributed by atoms with Crippen LogP contribution in [0.3, 0.4) is 0 Å². The van der Waals surface area contributed by atoms with Crippen LogP contribution in [-0.2, 0) is 12.6 Å². The lowest BCUT2D eigenvalue weighted by molar-refractivity contribution is -0.143. The van der Waals surface area contributed by atoms with Crippen molar-refractivity contribution in [3.63, 3.8) is 0 Å². The summed E-state index contributed by atoms with van der Waals surface area (Å²) >= 11 is 0. The Hall–Kier alpha value is -1.44. The molecule has 0 aliphatic heterocycles. The number of alkyl halides is 5. The Balaban J connectivity index is 1.94. The van der Waals surface area contributed by atoms with Crippen molar-refractivity contribution >= 4 is 0 Å². The molecule has 8 heteroatoms. The topological polar surface area (TPSA) is 42.4 Å². The van der Waals surface area contributed by atoms with Crippen molar-refractivity contribution in [2.45, 2.75) is 50.5 Å². The summed E-state index contributed by atoms with van der Waals surface area (Å²) < 4.78 is 70.0. The fourth-order valence-electron chi connectivity index (χ4n) is 2.99. The van der Waals surface area contributed by atoms with Gasteiger partial charge < -0.3 is 9.84 Å². The van der Waals surface area contributed by atoms with E-state index in [2.05, 4.69) is 4.98 Å². The van der Waals surface area contributed by atoms with E-state index in [-0.39, 0.29) is 23.3 Å². The van der Waals surface area contributed by atoms with Gasteiger partial charge in [-0.05, 0) is 12.3 Å². The first kappa shape index (κ1) is 15.5. The van der Waals surface area contributed by atoms with Crippen molar-refractivity contribution in [1.29, 1.82) is 0 Å². The number of hydrogen-bond acceptors (Lipinski definition) is 3. The van der Waals surface area contributed by atoms with Gasteiger partial charge in [0.2, 0.25) is 0 Å². The highest BCUT2D eigenvalue weighted by Crippen LogP contribution is 2.47. The van der Waals surface area contributed by atoms with Gasteiger partial charge in [0.15, 0.2) is 5.69 Å². The summed E-state index contributed by atoms with van der Waals surface area (Å²) in [5.41, 5.74) is -1.20. The number of aromatic nitrogens is 1. The normalized spacial score (nSPS) is 27.4. The van der Waals surface area contributed by atoms with Crippen LogP contribution in [0.4, 0.5) is 22.0 Å². The first-order valence-corrected chi connectivity index (χ1v) is 6.90. The minimum atomic E-state index is -4.68. The monoisotopic (exact) mass is 323 g/mol. The highest BCUT2D eigenvalue weighted by molar-refractivity contribution is 5.47. The fourth-order valence-corrected chi connectivity index (χ4v) is 2.99. The maximum atomic E-state index is 13.0. The van der Waals surface area contributed by atoms with Gasteiger partial charge in [0.05, 0.1) is 12.3 Å². The van der Waals surface area contributed by atoms with E-state index in [1.807, 2.05) is 0 Å². The van der Waals surface area contributed by atoms with Crippen LogP contribution in [0.5, 0.6) is 5.75 Å². The van der Waals surface area contributed by atoms with E-state index in [1.165, 1.54) is 0 Å². The van der Waals surface area contributed by atoms with Gasteiger partial charge in [-0.1, -0.05) is 6.92 Å². The molecule has 3 nitrogen and oxygen atoms in total. The Morgan fingerprint density at radius 2 is 1.95 bits per heavy atom. The van der Waals surface area contributed by atoms with Gasteiger partial charge in [-0.3, -0.25) is 0 Å². The summed E-state index contributed by atoms with van der Waals surface area (Å²) in [6.07, 6.45) is -6.50. The van der Waals surface area contributed by atoms with E-state index in [0.29, 0.717) is 0 Å². The SMILES string of the molecule is C[C@@H]1Cc2c(OC3CC(F)(F)C3)cnc(C(F)(F)F)c2[C@@H]1O. The van der Waals surface area contributed by atoms with Crippen molar-refractivity contribution in [2.24, 2.45) is 5.92 Å². The number of aliphatic hydroxyl groups is 1. The maximum absolute atomic E-state index is 13.0. The van der Waals surface area contributed by atoms with Crippen LogP contribution in [0.25, 0.3) is 0 Å². The minimum absolute atomic E-state index is 0.0619. The van der Waals surface area contributed by atoms with E-state index in [9.17, 15) is 27.1 Å². The molecule has 3 rings (SSSR count). The van der Waals surface area contributed by atoms with Gasteiger partial charge in [0.1, 0.15) is 11.9 Å². The Labute approximate surface area is 123 Å². The highest BCUT2D eigenvalue weighted by Gasteiger charge is 2.48. The van der Waals surface area contributed by atoms with Crippen molar-refractivity contribution in [3.8, 4) is 5.75 Å². The fraction of sp³-hybridized carbons (Fsp3) is 0.643. The second kappa shape index (κ2) is 4.78. The molecule has 1 N–H and O–H groups in total. The zero-order valence-corrected chi connectivity index (χ0v) is 11.6. The van der Waals surface area contributed by atoms with Crippen LogP contribution < -0.4 is 4.74 Å². The van der Waals surface area contributed by atoms with E-state index in [0.717, 1.165) is 6.20 Å². The third kappa shape index (κ3) is 2.53. The Kier molecular flexibility index (Phi) is 3.36. The largest absolute Gasteiger partial charge is 0.488 e. The number of rotatable bonds is 2. The summed E-state index contributed by atoms with van der Waals surface area (Å²) in [6.45, 7) is 1.62. The third-order valence-electron chi connectivity index (χ3n) is 4.16. The van der Waals surface area contributed by atoms with Crippen LogP contribution in [0, 0.1) is 5.92 Å². The zero-order valence-electron chi connectivity index (χ0n) is 11.6. The molecule has 0 amide bonds. The Bertz CT molecular complexity index is 594. The van der Waals surface area contributed by atoms with Gasteiger partial charge in [-0.2, -0.15) is 13.2 Å². The van der Waals surface area contributed by atoms with Crippen LogP contribution in [-0.4, -0.2) is 22.1 Å². The third-order valence-corrected chi connectivity index (χ3v) is 4.16. The molecule has 122 valence electrons. The van der Waals surface area contributed by atoms with Crippen LogP contribution >= 0.6 is 0 Å². The molecule has 0 spiro atoms. The highest BCUT2D eigenvalue weighted by atomic mass is 19.4. The Morgan fingerprint density at radius 3 is 2.50 bits per heavy atom. The van der Waals surface area contributed by atoms with E-state index < -0.39 is 48.8 Å². The standard InChI is InChI=1S/C14H14F5NO2/c1-6-2-8-9(22-7-3-13(15,16)4-7)5-20-12(14(17,18)19)10(8)11(6)21/h5-7,11,21H,2-4H2,1H3/t6-,11-/m1/s1. The summed E-state index contributed by atoms with van der Waals surface area (Å²) in [5, 5.41) is 9.99. The summed E-state index contributed by atoms with van der Waals surface area (Å²) in [6, 6.07) is 0. The molecule has 1 heterocycles. The number of fused-ring (bicyclic) bond motifs is 1. The average Bonchev–Trinajstić information content (AvgIpc) is 2.63. The molecular formula is C14H14F5NO2. The minimum Gasteiger partial charge on any atom is -0.488 e. The molecular weight excluding hydrogens is 309 g/mol.